The van der Waals surface area contributed by atoms with Crippen LogP contribution in [0.1, 0.15) is 38.5 Å². The molecule has 0 saturated heterocycles. The van der Waals surface area contributed by atoms with E-state index in [2.05, 4.69) is 16.4 Å². The van der Waals surface area contributed by atoms with Gasteiger partial charge in [0.1, 0.15) is 0 Å². The van der Waals surface area contributed by atoms with Crippen LogP contribution in [0.25, 0.3) is 0 Å². The van der Waals surface area contributed by atoms with Crippen molar-refractivity contribution in [3.63, 3.8) is 0 Å². The first kappa shape index (κ1) is 13.4. The highest BCUT2D eigenvalue weighted by atomic mass is 16.4. The number of carbonyl (C=O) groups is 2. The van der Waals surface area contributed by atoms with Crippen molar-refractivity contribution in [1.82, 2.24) is 5.32 Å². The number of aliphatic carboxylic acids is 1. The van der Waals surface area contributed by atoms with E-state index in [0.717, 1.165) is 25.0 Å². The summed E-state index contributed by atoms with van der Waals surface area (Å²) in [6, 6.07) is 0. The first-order chi connectivity index (χ1) is 8.18. The lowest BCUT2D eigenvalue weighted by Crippen LogP contribution is -2.24. The molecule has 0 radical (unpaired) electrons. The fraction of sp³-hybridized carbons (Fsp3) is 0.583. The van der Waals surface area contributed by atoms with E-state index < -0.39 is 5.97 Å². The molecule has 0 aromatic carbocycles. The van der Waals surface area contributed by atoms with Crippen molar-refractivity contribution >= 4 is 18.1 Å². The molecule has 0 fully saturated rings. The number of carbonyl (C=O) groups excluding carboxylic acids is 1. The van der Waals surface area contributed by atoms with E-state index >= 15 is 0 Å². The Kier molecular flexibility index (Phi) is 5.99. The Labute approximate surface area is 101 Å². The molecule has 0 bridgehead atoms. The van der Waals surface area contributed by atoms with E-state index in [4.69, 9.17) is 5.11 Å². The number of hydrogen-bond donors (Lipinski definition) is 2. The molecule has 5 nitrogen and oxygen atoms in total. The Morgan fingerprint density at radius 3 is 2.82 bits per heavy atom. The topological polar surface area (TPSA) is 78.8 Å². The van der Waals surface area contributed by atoms with Crippen molar-refractivity contribution in [1.29, 1.82) is 0 Å². The average molecular weight is 238 g/mol. The highest BCUT2D eigenvalue weighted by Gasteiger charge is 2.04. The van der Waals surface area contributed by atoms with E-state index in [1.165, 1.54) is 0 Å². The summed E-state index contributed by atoms with van der Waals surface area (Å²) in [6.45, 7) is 0.624. The van der Waals surface area contributed by atoms with Gasteiger partial charge in [0.25, 0.3) is 0 Å². The highest BCUT2D eigenvalue weighted by Crippen LogP contribution is 2.11. The lowest BCUT2D eigenvalue weighted by atomic mass is 10.2. The fourth-order valence-corrected chi connectivity index (χ4v) is 1.56. The van der Waals surface area contributed by atoms with Gasteiger partial charge >= 0.3 is 5.97 Å². The summed E-state index contributed by atoms with van der Waals surface area (Å²) in [4.78, 5) is 25.7. The van der Waals surface area contributed by atoms with Gasteiger partial charge < -0.3 is 10.4 Å². The Bertz CT molecular complexity index is 335. The second-order valence-electron chi connectivity index (χ2n) is 3.94. The van der Waals surface area contributed by atoms with E-state index in [1.807, 2.05) is 6.21 Å². The van der Waals surface area contributed by atoms with Gasteiger partial charge in [0.05, 0.1) is 0 Å². The Morgan fingerprint density at radius 1 is 1.35 bits per heavy atom. The monoisotopic (exact) mass is 238 g/mol. The Morgan fingerprint density at radius 2 is 2.18 bits per heavy atom. The molecular formula is C12H18N2O3. The van der Waals surface area contributed by atoms with Gasteiger partial charge in [-0.2, -0.15) is 0 Å². The number of hydrogen-bond acceptors (Lipinski definition) is 3. The normalized spacial score (nSPS) is 13.5. The number of carboxylic acids is 1. The molecule has 1 aliphatic rings. The quantitative estimate of drug-likeness (QED) is 0.629. The van der Waals surface area contributed by atoms with Gasteiger partial charge in [-0.3, -0.25) is 14.6 Å². The third-order valence-corrected chi connectivity index (χ3v) is 2.44. The minimum absolute atomic E-state index is 0.0506. The maximum atomic E-state index is 11.3. The zero-order valence-corrected chi connectivity index (χ0v) is 9.82. The third kappa shape index (κ3) is 6.50. The molecule has 5 heteroatoms. The van der Waals surface area contributed by atoms with E-state index in [-0.39, 0.29) is 18.7 Å². The second kappa shape index (κ2) is 7.60. The van der Waals surface area contributed by atoms with Gasteiger partial charge in [0.15, 0.2) is 0 Å². The van der Waals surface area contributed by atoms with Crippen molar-refractivity contribution in [2.75, 3.05) is 6.54 Å². The van der Waals surface area contributed by atoms with Crippen LogP contribution in [-0.4, -0.2) is 29.7 Å². The predicted molar refractivity (Wildman–Crippen MR) is 64.9 cm³/mol. The smallest absolute Gasteiger partial charge is 0.303 e. The molecule has 0 unspecified atom stereocenters. The lowest BCUT2D eigenvalue weighted by Gasteiger charge is -2.04. The summed E-state index contributed by atoms with van der Waals surface area (Å²) in [5, 5.41) is 11.2. The van der Waals surface area contributed by atoms with Crippen molar-refractivity contribution in [2.45, 2.75) is 38.5 Å². The number of amides is 1. The van der Waals surface area contributed by atoms with Gasteiger partial charge in [0.2, 0.25) is 5.91 Å². The number of nitrogens with zero attached hydrogens (tertiary/aromatic N) is 1. The standard InChI is InChI=1S/C12H18N2O3/c15-11(6-1-7-12(16)17)14-9-3-5-10-4-2-8-13-10/h4,8H,1-3,5-7,9H2,(H,14,15)(H,16,17). The van der Waals surface area contributed by atoms with Gasteiger partial charge in [-0.05, 0) is 19.3 Å². The zero-order chi connectivity index (χ0) is 12.5. The van der Waals surface area contributed by atoms with Gasteiger partial charge in [0, 0.05) is 37.7 Å². The largest absolute Gasteiger partial charge is 0.481 e. The Balaban J connectivity index is 1.96. The van der Waals surface area contributed by atoms with E-state index in [9.17, 15) is 9.59 Å². The predicted octanol–water partition coefficient (Wildman–Crippen LogP) is 1.50. The van der Waals surface area contributed by atoms with Crippen molar-refractivity contribution < 1.29 is 14.7 Å². The molecule has 0 aliphatic carbocycles. The van der Waals surface area contributed by atoms with Gasteiger partial charge in [-0.15, -0.1) is 0 Å². The zero-order valence-electron chi connectivity index (χ0n) is 9.82. The molecule has 1 aliphatic heterocycles. The maximum absolute atomic E-state index is 11.3. The molecule has 17 heavy (non-hydrogen) atoms. The third-order valence-electron chi connectivity index (χ3n) is 2.44. The number of aliphatic imine (C=N–C) groups is 1. The van der Waals surface area contributed by atoms with Crippen molar-refractivity contribution in [3.05, 3.63) is 11.8 Å². The van der Waals surface area contributed by atoms with Crippen LogP contribution in [0.3, 0.4) is 0 Å². The van der Waals surface area contributed by atoms with Crippen LogP contribution < -0.4 is 5.32 Å². The van der Waals surface area contributed by atoms with E-state index in [0.29, 0.717) is 13.0 Å². The molecule has 0 atom stereocenters. The number of allylic oxidation sites excluding steroid dienone is 2. The maximum Gasteiger partial charge on any atom is 0.303 e. The van der Waals surface area contributed by atoms with Crippen molar-refractivity contribution in [2.24, 2.45) is 4.99 Å². The second-order valence-corrected chi connectivity index (χ2v) is 3.94. The van der Waals surface area contributed by atoms with E-state index in [1.54, 1.807) is 0 Å². The molecular weight excluding hydrogens is 220 g/mol. The summed E-state index contributed by atoms with van der Waals surface area (Å²) in [5.74, 6) is -0.931. The molecule has 0 spiro atoms. The highest BCUT2D eigenvalue weighted by molar-refractivity contribution is 5.76. The minimum atomic E-state index is -0.858. The molecule has 0 aromatic rings. The molecule has 0 saturated carbocycles. The van der Waals surface area contributed by atoms with Crippen LogP contribution in [0.2, 0.25) is 0 Å². The van der Waals surface area contributed by atoms with Crippen LogP contribution >= 0.6 is 0 Å². The summed E-state index contributed by atoms with van der Waals surface area (Å²) in [5.41, 5.74) is 1.09. The average Bonchev–Trinajstić information content (AvgIpc) is 2.76. The number of carboxylic acid groups (broad SMARTS) is 1. The van der Waals surface area contributed by atoms with Gasteiger partial charge in [-0.1, -0.05) is 6.08 Å². The van der Waals surface area contributed by atoms with Gasteiger partial charge in [-0.25, -0.2) is 0 Å². The number of rotatable bonds is 8. The molecule has 94 valence electrons. The molecule has 1 heterocycles. The summed E-state index contributed by atoms with van der Waals surface area (Å²) in [6.07, 6.45) is 7.35. The van der Waals surface area contributed by atoms with Crippen LogP contribution in [0.15, 0.2) is 16.8 Å². The molecule has 1 amide bonds. The minimum Gasteiger partial charge on any atom is -0.481 e. The van der Waals surface area contributed by atoms with Crippen LogP contribution in [-0.2, 0) is 9.59 Å². The number of nitrogens with one attached hydrogen (secondary N) is 1. The molecule has 2 N–H and O–H groups in total. The first-order valence-corrected chi connectivity index (χ1v) is 5.88. The summed E-state index contributed by atoms with van der Waals surface area (Å²) >= 11 is 0. The summed E-state index contributed by atoms with van der Waals surface area (Å²) < 4.78 is 0. The van der Waals surface area contributed by atoms with Crippen LogP contribution in [0.4, 0.5) is 0 Å². The lowest BCUT2D eigenvalue weighted by molar-refractivity contribution is -0.137. The SMILES string of the molecule is O=C(O)CCCC(=O)NCCCC1=CCC=N1. The Hall–Kier alpha value is -1.65. The van der Waals surface area contributed by atoms with Crippen LogP contribution in [0.5, 0.6) is 0 Å². The van der Waals surface area contributed by atoms with Crippen LogP contribution in [0, 0.1) is 0 Å². The molecule has 0 aromatic heterocycles. The first-order valence-electron chi connectivity index (χ1n) is 5.88. The van der Waals surface area contributed by atoms with Crippen molar-refractivity contribution in [3.8, 4) is 0 Å². The fourth-order valence-electron chi connectivity index (χ4n) is 1.56. The summed E-state index contributed by atoms with van der Waals surface area (Å²) in [7, 11) is 0. The molecule has 1 rings (SSSR count).